The predicted molar refractivity (Wildman–Crippen MR) is 113 cm³/mol. The van der Waals surface area contributed by atoms with Gasteiger partial charge in [0, 0.05) is 6.20 Å². The van der Waals surface area contributed by atoms with E-state index in [0.717, 1.165) is 0 Å². The highest BCUT2D eigenvalue weighted by Gasteiger charge is 2.21. The molecule has 0 spiro atoms. The number of anilines is 1. The van der Waals surface area contributed by atoms with Crippen molar-refractivity contribution < 1.29 is 13.2 Å². The van der Waals surface area contributed by atoms with Crippen molar-refractivity contribution in [3.8, 4) is 11.5 Å². The normalized spacial score (nSPS) is 11.2. The summed E-state index contributed by atoms with van der Waals surface area (Å²) >= 11 is 12.3. The van der Waals surface area contributed by atoms with Crippen LogP contribution in [0.1, 0.15) is 12.6 Å². The lowest BCUT2D eigenvalue weighted by Gasteiger charge is -2.23. The standard InChI is InChI=1S/C20H18Cl2N2O3S/c1-2-28(25,26)24(14-15-6-3-4-13-23-15)16-9-11-17(12-10-16)27-20-18(21)7-5-8-19(20)22/h3-13H,2,14H2,1H3. The molecule has 0 amide bonds. The molecule has 5 nitrogen and oxygen atoms in total. The fourth-order valence-electron chi connectivity index (χ4n) is 2.52. The summed E-state index contributed by atoms with van der Waals surface area (Å²) in [5.41, 5.74) is 1.17. The van der Waals surface area contributed by atoms with Crippen molar-refractivity contribution >= 4 is 38.9 Å². The molecule has 0 unspecified atom stereocenters. The first-order valence-corrected chi connectivity index (χ1v) is 10.9. The molecule has 3 aromatic rings. The zero-order valence-corrected chi connectivity index (χ0v) is 17.4. The van der Waals surface area contributed by atoms with Gasteiger partial charge >= 0.3 is 0 Å². The van der Waals surface area contributed by atoms with Gasteiger partial charge in [0.15, 0.2) is 5.75 Å². The number of hydrogen-bond acceptors (Lipinski definition) is 4. The molecular weight excluding hydrogens is 419 g/mol. The molecule has 0 N–H and O–H groups in total. The van der Waals surface area contributed by atoms with Gasteiger partial charge in [-0.3, -0.25) is 9.29 Å². The molecule has 8 heteroatoms. The third-order valence-corrected chi connectivity index (χ3v) is 6.33. The van der Waals surface area contributed by atoms with Crippen LogP contribution in [0.5, 0.6) is 11.5 Å². The van der Waals surface area contributed by atoms with Crippen molar-refractivity contribution in [3.63, 3.8) is 0 Å². The first kappa shape index (κ1) is 20.5. The van der Waals surface area contributed by atoms with Gasteiger partial charge in [0.05, 0.1) is 33.7 Å². The minimum absolute atomic E-state index is 0.0205. The molecular formula is C20H18Cl2N2O3S. The van der Waals surface area contributed by atoms with Gasteiger partial charge in [-0.15, -0.1) is 0 Å². The molecule has 0 saturated carbocycles. The Balaban J connectivity index is 1.88. The smallest absolute Gasteiger partial charge is 0.235 e. The van der Waals surface area contributed by atoms with E-state index in [2.05, 4.69) is 4.98 Å². The quantitative estimate of drug-likeness (QED) is 0.487. The van der Waals surface area contributed by atoms with E-state index in [-0.39, 0.29) is 12.3 Å². The van der Waals surface area contributed by atoms with Gasteiger partial charge in [0.25, 0.3) is 0 Å². The number of hydrogen-bond donors (Lipinski definition) is 0. The predicted octanol–water partition coefficient (Wildman–Crippen LogP) is 5.54. The summed E-state index contributed by atoms with van der Waals surface area (Å²) in [5.74, 6) is 0.823. The summed E-state index contributed by atoms with van der Waals surface area (Å²) < 4.78 is 32.3. The molecule has 0 saturated heterocycles. The molecule has 0 bridgehead atoms. The van der Waals surface area contributed by atoms with E-state index in [0.29, 0.717) is 32.9 Å². The van der Waals surface area contributed by atoms with Crippen LogP contribution in [-0.4, -0.2) is 19.2 Å². The molecule has 0 radical (unpaired) electrons. The second-order valence-corrected chi connectivity index (χ2v) is 8.87. The highest BCUT2D eigenvalue weighted by atomic mass is 35.5. The number of sulfonamides is 1. The number of benzene rings is 2. The highest BCUT2D eigenvalue weighted by Crippen LogP contribution is 2.36. The molecule has 0 atom stereocenters. The Morgan fingerprint density at radius 1 is 0.964 bits per heavy atom. The summed E-state index contributed by atoms with van der Waals surface area (Å²) in [7, 11) is -3.49. The van der Waals surface area contributed by atoms with Crippen molar-refractivity contribution in [3.05, 3.63) is 82.6 Å². The van der Waals surface area contributed by atoms with Crippen LogP contribution in [0.25, 0.3) is 0 Å². The van der Waals surface area contributed by atoms with Crippen molar-refractivity contribution in [2.75, 3.05) is 10.1 Å². The van der Waals surface area contributed by atoms with Gasteiger partial charge in [0.2, 0.25) is 10.0 Å². The van der Waals surface area contributed by atoms with Crippen molar-refractivity contribution in [2.45, 2.75) is 13.5 Å². The van der Waals surface area contributed by atoms with Gasteiger partial charge in [-0.25, -0.2) is 8.42 Å². The molecule has 1 heterocycles. The summed E-state index contributed by atoms with van der Waals surface area (Å²) in [6.45, 7) is 1.76. The second-order valence-electron chi connectivity index (χ2n) is 5.88. The largest absolute Gasteiger partial charge is 0.454 e. The van der Waals surface area contributed by atoms with Crippen LogP contribution in [0.4, 0.5) is 5.69 Å². The van der Waals surface area contributed by atoms with Crippen LogP contribution in [0.15, 0.2) is 66.9 Å². The van der Waals surface area contributed by atoms with E-state index >= 15 is 0 Å². The van der Waals surface area contributed by atoms with E-state index in [1.54, 1.807) is 67.7 Å². The molecule has 28 heavy (non-hydrogen) atoms. The zero-order chi connectivity index (χ0) is 20.1. The van der Waals surface area contributed by atoms with Crippen molar-refractivity contribution in [1.29, 1.82) is 0 Å². The lowest BCUT2D eigenvalue weighted by Crippen LogP contribution is -2.32. The highest BCUT2D eigenvalue weighted by molar-refractivity contribution is 7.92. The maximum absolute atomic E-state index is 12.6. The Morgan fingerprint density at radius 2 is 1.64 bits per heavy atom. The Hall–Kier alpha value is -2.28. The Morgan fingerprint density at radius 3 is 2.21 bits per heavy atom. The second kappa shape index (κ2) is 8.82. The molecule has 146 valence electrons. The number of rotatable bonds is 7. The molecule has 0 aliphatic heterocycles. The monoisotopic (exact) mass is 436 g/mol. The maximum atomic E-state index is 12.6. The van der Waals surface area contributed by atoms with E-state index in [9.17, 15) is 8.42 Å². The summed E-state index contributed by atoms with van der Waals surface area (Å²) in [4.78, 5) is 4.22. The summed E-state index contributed by atoms with van der Waals surface area (Å²) in [5, 5.41) is 0.781. The Bertz CT molecular complexity index is 1020. The average Bonchev–Trinajstić information content (AvgIpc) is 2.70. The fraction of sp³-hybridized carbons (Fsp3) is 0.150. The van der Waals surface area contributed by atoms with Crippen molar-refractivity contribution in [2.24, 2.45) is 0 Å². The third-order valence-electron chi connectivity index (χ3n) is 4.00. The number of para-hydroxylation sites is 1. The van der Waals surface area contributed by atoms with Crippen LogP contribution in [0.2, 0.25) is 10.0 Å². The average molecular weight is 437 g/mol. The number of pyridine rings is 1. The molecule has 0 fully saturated rings. The SMILES string of the molecule is CCS(=O)(=O)N(Cc1ccccn1)c1ccc(Oc2c(Cl)cccc2Cl)cc1. The first-order chi connectivity index (χ1) is 13.4. The number of aromatic nitrogens is 1. The molecule has 3 rings (SSSR count). The lowest BCUT2D eigenvalue weighted by atomic mass is 10.2. The topological polar surface area (TPSA) is 59.5 Å². The van der Waals surface area contributed by atoms with Crippen LogP contribution in [-0.2, 0) is 16.6 Å². The van der Waals surface area contributed by atoms with Crippen LogP contribution >= 0.6 is 23.2 Å². The van der Waals surface area contributed by atoms with Gasteiger partial charge in [-0.1, -0.05) is 35.3 Å². The van der Waals surface area contributed by atoms with E-state index in [1.165, 1.54) is 4.31 Å². The molecule has 2 aromatic carbocycles. The summed E-state index contributed by atoms with van der Waals surface area (Å²) in [6, 6.07) is 17.2. The van der Waals surface area contributed by atoms with Crippen molar-refractivity contribution in [1.82, 2.24) is 4.98 Å². The van der Waals surface area contributed by atoms with E-state index in [4.69, 9.17) is 27.9 Å². The Kier molecular flexibility index (Phi) is 6.44. The number of nitrogens with zero attached hydrogens (tertiary/aromatic N) is 2. The van der Waals surface area contributed by atoms with Gasteiger partial charge in [-0.2, -0.15) is 0 Å². The van der Waals surface area contributed by atoms with E-state index < -0.39 is 10.0 Å². The summed E-state index contributed by atoms with van der Waals surface area (Å²) in [6.07, 6.45) is 1.64. The molecule has 1 aromatic heterocycles. The minimum atomic E-state index is -3.49. The van der Waals surface area contributed by atoms with Crippen LogP contribution < -0.4 is 9.04 Å². The first-order valence-electron chi connectivity index (χ1n) is 8.53. The zero-order valence-electron chi connectivity index (χ0n) is 15.0. The van der Waals surface area contributed by atoms with E-state index in [1.807, 2.05) is 6.07 Å². The third kappa shape index (κ3) is 4.76. The molecule has 0 aliphatic rings. The van der Waals surface area contributed by atoms with Gasteiger partial charge in [0.1, 0.15) is 5.75 Å². The minimum Gasteiger partial charge on any atom is -0.454 e. The lowest BCUT2D eigenvalue weighted by molar-refractivity contribution is 0.483. The Labute approximate surface area is 174 Å². The fourth-order valence-corrected chi connectivity index (χ4v) is 4.08. The van der Waals surface area contributed by atoms with Crippen LogP contribution in [0.3, 0.4) is 0 Å². The van der Waals surface area contributed by atoms with Gasteiger partial charge < -0.3 is 4.74 Å². The maximum Gasteiger partial charge on any atom is 0.235 e. The van der Waals surface area contributed by atoms with Gasteiger partial charge in [-0.05, 0) is 55.5 Å². The van der Waals surface area contributed by atoms with Crippen LogP contribution in [0, 0.1) is 0 Å². The molecule has 0 aliphatic carbocycles. The number of halogens is 2. The number of ether oxygens (including phenoxy) is 1.